The van der Waals surface area contributed by atoms with Gasteiger partial charge in [-0.1, -0.05) is 0 Å². The Morgan fingerprint density at radius 1 is 1.67 bits per heavy atom. The summed E-state index contributed by atoms with van der Waals surface area (Å²) in [5.74, 6) is 0.434. The molecular weight excluding hydrogens is 196 g/mol. The summed E-state index contributed by atoms with van der Waals surface area (Å²) in [6.45, 7) is 3.38. The molecule has 0 bridgehead atoms. The van der Waals surface area contributed by atoms with Crippen molar-refractivity contribution in [2.24, 2.45) is 0 Å². The number of anilines is 1. The van der Waals surface area contributed by atoms with E-state index in [0.29, 0.717) is 19.0 Å². The quantitative estimate of drug-likeness (QED) is 0.575. The fourth-order valence-corrected chi connectivity index (χ4v) is 1.05. The highest BCUT2D eigenvalue weighted by Gasteiger charge is 2.03. The maximum absolute atomic E-state index is 11.3. The number of methoxy groups -OCH3 is 1. The van der Waals surface area contributed by atoms with Crippen LogP contribution in [0.3, 0.4) is 0 Å². The van der Waals surface area contributed by atoms with Crippen molar-refractivity contribution in [3.63, 3.8) is 0 Å². The molecule has 15 heavy (non-hydrogen) atoms. The topological polar surface area (TPSA) is 79.0 Å². The number of aromatic nitrogens is 2. The van der Waals surface area contributed by atoms with E-state index < -0.39 is 0 Å². The number of carbonyl (C=O) groups is 1. The van der Waals surface area contributed by atoms with Crippen LogP contribution in [0.4, 0.5) is 5.82 Å². The number of hydrogen-bond acceptors (Lipinski definition) is 4. The highest BCUT2D eigenvalue weighted by Crippen LogP contribution is 2.02. The molecule has 0 aliphatic carbocycles. The van der Waals surface area contributed by atoms with Crippen molar-refractivity contribution in [1.82, 2.24) is 15.5 Å². The lowest BCUT2D eigenvalue weighted by Crippen LogP contribution is -2.30. The number of H-pyrrole nitrogens is 1. The van der Waals surface area contributed by atoms with E-state index in [2.05, 4.69) is 20.8 Å². The third-order valence-electron chi connectivity index (χ3n) is 1.74. The summed E-state index contributed by atoms with van der Waals surface area (Å²) in [5, 5.41) is 12.2. The van der Waals surface area contributed by atoms with Gasteiger partial charge in [0.2, 0.25) is 5.91 Å². The van der Waals surface area contributed by atoms with E-state index in [1.807, 2.05) is 6.92 Å². The van der Waals surface area contributed by atoms with Gasteiger partial charge in [0.05, 0.1) is 13.2 Å². The molecule has 0 radical (unpaired) electrons. The Kier molecular flexibility index (Phi) is 4.79. The van der Waals surface area contributed by atoms with Crippen LogP contribution in [0.15, 0.2) is 6.07 Å². The van der Waals surface area contributed by atoms with Gasteiger partial charge in [0, 0.05) is 25.4 Å². The minimum absolute atomic E-state index is 0.113. The number of amides is 1. The Hall–Kier alpha value is -1.40. The molecule has 0 saturated heterocycles. The lowest BCUT2D eigenvalue weighted by molar-refractivity contribution is -0.115. The van der Waals surface area contributed by atoms with Crippen LogP contribution in [0, 0.1) is 6.92 Å². The van der Waals surface area contributed by atoms with Crippen molar-refractivity contribution < 1.29 is 9.53 Å². The normalized spacial score (nSPS) is 10.3. The summed E-state index contributed by atoms with van der Waals surface area (Å²) in [5.41, 5.74) is 0.914. The summed E-state index contributed by atoms with van der Waals surface area (Å²) in [6.07, 6.45) is 0. The number of hydrogen-bond donors (Lipinski definition) is 3. The number of nitrogens with zero attached hydrogens (tertiary/aromatic N) is 1. The zero-order chi connectivity index (χ0) is 11.1. The fourth-order valence-electron chi connectivity index (χ4n) is 1.05. The molecule has 1 amide bonds. The molecule has 84 valence electrons. The molecule has 0 unspecified atom stereocenters. The molecule has 1 heterocycles. The van der Waals surface area contributed by atoms with Crippen molar-refractivity contribution in [3.05, 3.63) is 11.8 Å². The summed E-state index contributed by atoms with van der Waals surface area (Å²) in [7, 11) is 1.62. The van der Waals surface area contributed by atoms with Gasteiger partial charge in [-0.05, 0) is 6.92 Å². The molecule has 0 fully saturated rings. The van der Waals surface area contributed by atoms with Gasteiger partial charge in [-0.25, -0.2) is 0 Å². The second-order valence-corrected chi connectivity index (χ2v) is 3.15. The highest BCUT2D eigenvalue weighted by atomic mass is 16.5. The monoisotopic (exact) mass is 212 g/mol. The Morgan fingerprint density at radius 2 is 2.47 bits per heavy atom. The number of ether oxygens (including phenoxy) is 1. The van der Waals surface area contributed by atoms with E-state index in [0.717, 1.165) is 5.69 Å². The molecule has 0 aliphatic heterocycles. The van der Waals surface area contributed by atoms with E-state index in [1.165, 1.54) is 0 Å². The molecule has 0 aliphatic rings. The van der Waals surface area contributed by atoms with Gasteiger partial charge < -0.3 is 15.4 Å². The molecule has 0 saturated carbocycles. The zero-order valence-electron chi connectivity index (χ0n) is 8.96. The van der Waals surface area contributed by atoms with Crippen molar-refractivity contribution in [2.45, 2.75) is 6.92 Å². The molecule has 0 spiro atoms. The number of rotatable bonds is 6. The average molecular weight is 212 g/mol. The van der Waals surface area contributed by atoms with E-state index in [9.17, 15) is 4.79 Å². The highest BCUT2D eigenvalue weighted by molar-refractivity contribution is 5.91. The number of aryl methyl sites for hydroxylation is 1. The molecule has 6 nitrogen and oxygen atoms in total. The third-order valence-corrected chi connectivity index (χ3v) is 1.74. The summed E-state index contributed by atoms with van der Waals surface area (Å²) in [4.78, 5) is 11.3. The van der Waals surface area contributed by atoms with Gasteiger partial charge in [-0.3, -0.25) is 9.89 Å². The van der Waals surface area contributed by atoms with Crippen LogP contribution in [-0.2, 0) is 9.53 Å². The van der Waals surface area contributed by atoms with Gasteiger partial charge in [0.1, 0.15) is 0 Å². The average Bonchev–Trinajstić information content (AvgIpc) is 2.59. The molecule has 1 rings (SSSR count). The SMILES string of the molecule is COCCNCC(=O)Nc1cc(C)[nH]n1. The minimum atomic E-state index is -0.113. The predicted octanol–water partition coefficient (Wildman–Crippen LogP) is -0.107. The molecule has 6 heteroatoms. The number of nitrogens with one attached hydrogen (secondary N) is 3. The van der Waals surface area contributed by atoms with Crippen molar-refractivity contribution in [3.8, 4) is 0 Å². The third kappa shape index (κ3) is 4.57. The molecule has 1 aromatic heterocycles. The number of aromatic amines is 1. The van der Waals surface area contributed by atoms with E-state index in [4.69, 9.17) is 4.74 Å². The van der Waals surface area contributed by atoms with Crippen LogP contribution in [0.25, 0.3) is 0 Å². The van der Waals surface area contributed by atoms with Gasteiger partial charge in [-0.15, -0.1) is 0 Å². The lowest BCUT2D eigenvalue weighted by Gasteiger charge is -2.03. The smallest absolute Gasteiger partial charge is 0.239 e. The van der Waals surface area contributed by atoms with Crippen LogP contribution < -0.4 is 10.6 Å². The lowest BCUT2D eigenvalue weighted by atomic mass is 10.4. The van der Waals surface area contributed by atoms with Crippen LogP contribution in [0.1, 0.15) is 5.69 Å². The first kappa shape index (κ1) is 11.7. The Morgan fingerprint density at radius 3 is 3.07 bits per heavy atom. The Labute approximate surface area is 88.4 Å². The maximum atomic E-state index is 11.3. The molecular formula is C9H16N4O2. The number of carbonyl (C=O) groups excluding carboxylic acids is 1. The summed E-state index contributed by atoms with van der Waals surface area (Å²) >= 11 is 0. The first-order valence-corrected chi connectivity index (χ1v) is 4.74. The van der Waals surface area contributed by atoms with Crippen molar-refractivity contribution >= 4 is 11.7 Å². The van der Waals surface area contributed by atoms with Crippen LogP contribution in [-0.4, -0.2) is 42.9 Å². The fraction of sp³-hybridized carbons (Fsp3) is 0.556. The first-order valence-electron chi connectivity index (χ1n) is 4.74. The van der Waals surface area contributed by atoms with Crippen molar-refractivity contribution in [1.29, 1.82) is 0 Å². The molecule has 1 aromatic rings. The zero-order valence-corrected chi connectivity index (χ0v) is 8.96. The van der Waals surface area contributed by atoms with Crippen molar-refractivity contribution in [2.75, 3.05) is 32.1 Å². The molecule has 0 atom stereocenters. The maximum Gasteiger partial charge on any atom is 0.239 e. The Bertz CT molecular complexity index is 311. The standard InChI is InChI=1S/C9H16N4O2/c1-7-5-8(13-12-7)11-9(14)6-10-3-4-15-2/h5,10H,3-4,6H2,1-2H3,(H2,11,12,13,14). The van der Waals surface area contributed by atoms with E-state index in [1.54, 1.807) is 13.2 Å². The minimum Gasteiger partial charge on any atom is -0.383 e. The van der Waals surface area contributed by atoms with E-state index in [-0.39, 0.29) is 12.5 Å². The molecule has 0 aromatic carbocycles. The van der Waals surface area contributed by atoms with Crippen LogP contribution >= 0.6 is 0 Å². The first-order chi connectivity index (χ1) is 7.22. The van der Waals surface area contributed by atoms with Gasteiger partial charge >= 0.3 is 0 Å². The second-order valence-electron chi connectivity index (χ2n) is 3.15. The van der Waals surface area contributed by atoms with Crippen LogP contribution in [0.2, 0.25) is 0 Å². The summed E-state index contributed by atoms with van der Waals surface area (Å²) < 4.78 is 4.83. The van der Waals surface area contributed by atoms with Gasteiger partial charge in [0.15, 0.2) is 5.82 Å². The van der Waals surface area contributed by atoms with E-state index >= 15 is 0 Å². The largest absolute Gasteiger partial charge is 0.383 e. The molecule has 3 N–H and O–H groups in total. The Balaban J connectivity index is 2.18. The van der Waals surface area contributed by atoms with Gasteiger partial charge in [-0.2, -0.15) is 5.10 Å². The van der Waals surface area contributed by atoms with Crippen LogP contribution in [0.5, 0.6) is 0 Å². The summed E-state index contributed by atoms with van der Waals surface area (Å²) in [6, 6.07) is 1.77. The second kappa shape index (κ2) is 6.15. The predicted molar refractivity (Wildman–Crippen MR) is 56.7 cm³/mol. The van der Waals surface area contributed by atoms with Gasteiger partial charge in [0.25, 0.3) is 0 Å².